The highest BCUT2D eigenvalue weighted by Crippen LogP contribution is 2.18. The van der Waals surface area contributed by atoms with Gasteiger partial charge in [-0.15, -0.1) is 0 Å². The molecule has 2 unspecified atom stereocenters. The summed E-state index contributed by atoms with van der Waals surface area (Å²) in [5, 5.41) is 13.1. The van der Waals surface area contributed by atoms with Gasteiger partial charge in [0.15, 0.2) is 0 Å². The number of rotatable bonds is 6. The molecule has 17 heavy (non-hydrogen) atoms. The normalized spacial score (nSPS) is 26.5. The van der Waals surface area contributed by atoms with Gasteiger partial charge in [0.05, 0.1) is 12.1 Å². The predicted octanol–water partition coefficient (Wildman–Crippen LogP) is 2.00. The predicted molar refractivity (Wildman–Crippen MR) is 73.3 cm³/mol. The number of aliphatic hydroxyl groups excluding tert-OH is 1. The quantitative estimate of drug-likeness (QED) is 0.748. The van der Waals surface area contributed by atoms with Crippen molar-refractivity contribution in [1.29, 1.82) is 0 Å². The lowest BCUT2D eigenvalue weighted by Crippen LogP contribution is -2.55. The van der Waals surface area contributed by atoms with Crippen molar-refractivity contribution in [3.63, 3.8) is 0 Å². The molecular weight excluding hydrogens is 212 g/mol. The molecule has 1 rings (SSSR count). The topological polar surface area (TPSA) is 35.5 Å². The first-order chi connectivity index (χ1) is 8.11. The van der Waals surface area contributed by atoms with Gasteiger partial charge in [0.25, 0.3) is 0 Å². The molecule has 1 saturated heterocycles. The van der Waals surface area contributed by atoms with Crippen LogP contribution in [0.15, 0.2) is 0 Å². The van der Waals surface area contributed by atoms with Crippen molar-refractivity contribution >= 4 is 0 Å². The Bertz CT molecular complexity index is 210. The molecule has 3 heteroatoms. The van der Waals surface area contributed by atoms with Crippen molar-refractivity contribution in [2.75, 3.05) is 26.2 Å². The maximum atomic E-state index is 9.61. The maximum Gasteiger partial charge on any atom is 0.0623 e. The van der Waals surface area contributed by atoms with Gasteiger partial charge in [0, 0.05) is 12.6 Å². The second-order valence-electron chi connectivity index (χ2n) is 5.81. The van der Waals surface area contributed by atoms with Gasteiger partial charge in [0.2, 0.25) is 0 Å². The van der Waals surface area contributed by atoms with Gasteiger partial charge in [-0.2, -0.15) is 0 Å². The Hall–Kier alpha value is -0.120. The molecule has 0 aliphatic carbocycles. The highest BCUT2D eigenvalue weighted by atomic mass is 16.3. The third-order valence-corrected chi connectivity index (χ3v) is 3.89. The van der Waals surface area contributed by atoms with Crippen molar-refractivity contribution < 1.29 is 5.11 Å². The largest absolute Gasteiger partial charge is 0.394 e. The number of nitrogens with one attached hydrogen (secondary N) is 1. The van der Waals surface area contributed by atoms with E-state index in [1.165, 1.54) is 32.2 Å². The average Bonchev–Trinajstić information content (AvgIpc) is 2.52. The highest BCUT2D eigenvalue weighted by molar-refractivity contribution is 4.88. The smallest absolute Gasteiger partial charge is 0.0623 e. The average molecular weight is 242 g/mol. The lowest BCUT2D eigenvalue weighted by molar-refractivity contribution is 0.100. The number of hydrogen-bond donors (Lipinski definition) is 2. The minimum Gasteiger partial charge on any atom is -0.394 e. The lowest BCUT2D eigenvalue weighted by atomic mass is 10.0. The standard InChI is InChI=1S/C14H30N2O/c1-4-9-15-14(3,12-17)11-16-10-7-5-6-8-13(16)2/h13,15,17H,4-12H2,1-3H3. The fourth-order valence-corrected chi connectivity index (χ4v) is 2.61. The molecule has 2 atom stereocenters. The van der Waals surface area contributed by atoms with Crippen molar-refractivity contribution in [1.82, 2.24) is 10.2 Å². The van der Waals surface area contributed by atoms with E-state index in [4.69, 9.17) is 0 Å². The van der Waals surface area contributed by atoms with Crippen LogP contribution in [0.5, 0.6) is 0 Å². The second-order valence-corrected chi connectivity index (χ2v) is 5.81. The Morgan fingerprint density at radius 1 is 1.35 bits per heavy atom. The van der Waals surface area contributed by atoms with Crippen LogP contribution >= 0.6 is 0 Å². The molecule has 0 bridgehead atoms. The Labute approximate surface area is 107 Å². The van der Waals surface area contributed by atoms with Crippen LogP contribution in [0.3, 0.4) is 0 Å². The van der Waals surface area contributed by atoms with Gasteiger partial charge in [-0.1, -0.05) is 19.8 Å². The van der Waals surface area contributed by atoms with Crippen LogP contribution in [0.1, 0.15) is 52.9 Å². The summed E-state index contributed by atoms with van der Waals surface area (Å²) >= 11 is 0. The molecule has 1 fully saturated rings. The van der Waals surface area contributed by atoms with Crippen LogP contribution in [0, 0.1) is 0 Å². The fraction of sp³-hybridized carbons (Fsp3) is 1.00. The van der Waals surface area contributed by atoms with Crippen molar-refractivity contribution in [2.24, 2.45) is 0 Å². The van der Waals surface area contributed by atoms with Crippen LogP contribution in [0.4, 0.5) is 0 Å². The van der Waals surface area contributed by atoms with Gasteiger partial charge in [-0.3, -0.25) is 4.90 Å². The summed E-state index contributed by atoms with van der Waals surface area (Å²) in [6, 6.07) is 0.659. The summed E-state index contributed by atoms with van der Waals surface area (Å²) in [4.78, 5) is 2.55. The molecule has 1 aliphatic heterocycles. The minimum atomic E-state index is -0.144. The van der Waals surface area contributed by atoms with E-state index in [2.05, 4.69) is 31.0 Å². The van der Waals surface area contributed by atoms with E-state index in [-0.39, 0.29) is 12.1 Å². The molecule has 1 heterocycles. The molecule has 0 amide bonds. The fourth-order valence-electron chi connectivity index (χ4n) is 2.61. The molecule has 3 nitrogen and oxygen atoms in total. The van der Waals surface area contributed by atoms with Gasteiger partial charge >= 0.3 is 0 Å². The molecule has 0 aromatic heterocycles. The first kappa shape index (κ1) is 14.9. The van der Waals surface area contributed by atoms with E-state index in [1.807, 2.05) is 0 Å². The summed E-state index contributed by atoms with van der Waals surface area (Å²) in [6.45, 7) is 9.98. The molecule has 1 aliphatic rings. The third kappa shape index (κ3) is 4.94. The Balaban J connectivity index is 2.52. The molecule has 0 saturated carbocycles. The van der Waals surface area contributed by atoms with E-state index in [0.717, 1.165) is 19.5 Å². The number of likely N-dealkylation sites (tertiary alicyclic amines) is 1. The summed E-state index contributed by atoms with van der Waals surface area (Å²) in [6.07, 6.45) is 6.44. The van der Waals surface area contributed by atoms with E-state index < -0.39 is 0 Å². The monoisotopic (exact) mass is 242 g/mol. The van der Waals surface area contributed by atoms with E-state index in [9.17, 15) is 5.11 Å². The lowest BCUT2D eigenvalue weighted by Gasteiger charge is -2.37. The van der Waals surface area contributed by atoms with Gasteiger partial charge in [0.1, 0.15) is 0 Å². The van der Waals surface area contributed by atoms with Crippen molar-refractivity contribution in [3.05, 3.63) is 0 Å². The van der Waals surface area contributed by atoms with Crippen LogP contribution in [-0.4, -0.2) is 47.8 Å². The molecule has 0 spiro atoms. The molecule has 102 valence electrons. The van der Waals surface area contributed by atoms with E-state index in [1.54, 1.807) is 0 Å². The zero-order valence-electron chi connectivity index (χ0n) is 11.8. The molecule has 0 radical (unpaired) electrons. The van der Waals surface area contributed by atoms with Gasteiger partial charge in [-0.05, 0) is 46.2 Å². The van der Waals surface area contributed by atoms with Crippen molar-refractivity contribution in [3.8, 4) is 0 Å². The summed E-state index contributed by atoms with van der Waals surface area (Å²) in [5.41, 5.74) is -0.144. The molecule has 0 aromatic rings. The van der Waals surface area contributed by atoms with Crippen molar-refractivity contribution in [2.45, 2.75) is 64.5 Å². The molecule has 2 N–H and O–H groups in total. The summed E-state index contributed by atoms with van der Waals surface area (Å²) in [7, 11) is 0. The maximum absolute atomic E-state index is 9.61. The Kier molecular flexibility index (Phi) is 6.45. The van der Waals surface area contributed by atoms with Crippen LogP contribution in [0.25, 0.3) is 0 Å². The second kappa shape index (κ2) is 7.34. The Morgan fingerprint density at radius 2 is 2.12 bits per heavy atom. The zero-order valence-corrected chi connectivity index (χ0v) is 11.8. The molecule has 0 aromatic carbocycles. The van der Waals surface area contributed by atoms with Crippen LogP contribution in [-0.2, 0) is 0 Å². The van der Waals surface area contributed by atoms with Gasteiger partial charge < -0.3 is 10.4 Å². The third-order valence-electron chi connectivity index (χ3n) is 3.89. The first-order valence-electron chi connectivity index (χ1n) is 7.21. The zero-order chi connectivity index (χ0) is 12.7. The van der Waals surface area contributed by atoms with Gasteiger partial charge in [-0.25, -0.2) is 0 Å². The summed E-state index contributed by atoms with van der Waals surface area (Å²) in [5.74, 6) is 0. The SMILES string of the molecule is CCCNC(C)(CO)CN1CCCCCC1C. The number of nitrogens with zero attached hydrogens (tertiary/aromatic N) is 1. The first-order valence-corrected chi connectivity index (χ1v) is 7.21. The van der Waals surface area contributed by atoms with E-state index in [0.29, 0.717) is 6.04 Å². The molecular formula is C14H30N2O. The summed E-state index contributed by atoms with van der Waals surface area (Å²) < 4.78 is 0. The van der Waals surface area contributed by atoms with Crippen LogP contribution in [0.2, 0.25) is 0 Å². The number of hydrogen-bond acceptors (Lipinski definition) is 3. The highest BCUT2D eigenvalue weighted by Gasteiger charge is 2.28. The number of aliphatic hydroxyl groups is 1. The Morgan fingerprint density at radius 3 is 2.76 bits per heavy atom. The van der Waals surface area contributed by atoms with E-state index >= 15 is 0 Å². The minimum absolute atomic E-state index is 0.144. The van der Waals surface area contributed by atoms with Crippen LogP contribution < -0.4 is 5.32 Å².